The van der Waals surface area contributed by atoms with Crippen molar-refractivity contribution in [3.8, 4) is 5.75 Å². The minimum atomic E-state index is -4.06. The zero-order valence-electron chi connectivity index (χ0n) is 19.8. The largest absolute Gasteiger partial charge is 0.495 e. The molecule has 0 fully saturated rings. The van der Waals surface area contributed by atoms with Gasteiger partial charge in [-0.1, -0.05) is 44.5 Å². The number of fused-ring (bicyclic) bond motifs is 1. The number of amides is 2. The molecular formula is C25H24ClN3O5S. The van der Waals surface area contributed by atoms with Crippen molar-refractivity contribution in [2.45, 2.75) is 38.0 Å². The van der Waals surface area contributed by atoms with E-state index in [1.165, 1.54) is 43.6 Å². The lowest BCUT2D eigenvalue weighted by atomic mass is 9.87. The molecule has 8 nitrogen and oxygen atoms in total. The lowest BCUT2D eigenvalue weighted by Crippen LogP contribution is -2.30. The molecule has 0 atom stereocenters. The molecule has 0 bridgehead atoms. The number of carbonyl (C=O) groups is 2. The second-order valence-corrected chi connectivity index (χ2v) is 11.3. The zero-order valence-corrected chi connectivity index (χ0v) is 21.4. The van der Waals surface area contributed by atoms with Gasteiger partial charge < -0.3 is 4.74 Å². The van der Waals surface area contributed by atoms with E-state index in [1.807, 2.05) is 20.8 Å². The molecule has 3 aromatic rings. The van der Waals surface area contributed by atoms with Gasteiger partial charge in [0.1, 0.15) is 11.6 Å². The number of nitrogens with zero attached hydrogens (tertiary/aromatic N) is 2. The lowest BCUT2D eigenvalue weighted by Gasteiger charge is -2.19. The first-order valence-electron chi connectivity index (χ1n) is 10.7. The van der Waals surface area contributed by atoms with Crippen LogP contribution in [-0.4, -0.2) is 32.3 Å². The predicted molar refractivity (Wildman–Crippen MR) is 134 cm³/mol. The number of aryl methyl sites for hydroxylation is 1. The number of ether oxygens (including phenoxy) is 1. The average Bonchev–Trinajstić information content (AvgIpc) is 3.06. The van der Waals surface area contributed by atoms with Crippen LogP contribution in [0.15, 0.2) is 53.6 Å². The molecule has 2 amide bonds. The van der Waals surface area contributed by atoms with Crippen LogP contribution < -0.4 is 14.4 Å². The number of aromatic nitrogens is 1. The number of halogens is 1. The van der Waals surface area contributed by atoms with Crippen molar-refractivity contribution in [1.29, 1.82) is 0 Å². The third kappa shape index (κ3) is 4.37. The third-order valence-corrected chi connectivity index (χ3v) is 7.46. The molecule has 1 aliphatic rings. The molecule has 1 aliphatic heterocycles. The second-order valence-electron chi connectivity index (χ2n) is 9.18. The monoisotopic (exact) mass is 513 g/mol. The molecule has 182 valence electrons. The summed E-state index contributed by atoms with van der Waals surface area (Å²) in [6.07, 6.45) is 1.40. The summed E-state index contributed by atoms with van der Waals surface area (Å²) in [6, 6.07) is 10.8. The second kappa shape index (κ2) is 8.66. The molecule has 2 heterocycles. The SMILES string of the molecule is COc1cnc(N2C(=O)c3c(Cl)ccc(NS(=O)(=O)c4ccc(C(C)(C)C)cc4)c3C2=O)cc1C. The van der Waals surface area contributed by atoms with Gasteiger partial charge in [0, 0.05) is 0 Å². The van der Waals surface area contributed by atoms with Gasteiger partial charge in [0.25, 0.3) is 21.8 Å². The van der Waals surface area contributed by atoms with E-state index in [2.05, 4.69) is 9.71 Å². The van der Waals surface area contributed by atoms with E-state index in [4.69, 9.17) is 16.3 Å². The maximum atomic E-state index is 13.4. The summed E-state index contributed by atoms with van der Waals surface area (Å²) in [4.78, 5) is 31.6. The highest BCUT2D eigenvalue weighted by Gasteiger charge is 2.42. The van der Waals surface area contributed by atoms with Gasteiger partial charge in [0.2, 0.25) is 0 Å². The van der Waals surface area contributed by atoms with Crippen LogP contribution in [0.25, 0.3) is 0 Å². The Balaban J connectivity index is 1.73. The topological polar surface area (TPSA) is 106 Å². The molecule has 0 radical (unpaired) electrons. The Morgan fingerprint density at radius 3 is 2.20 bits per heavy atom. The summed E-state index contributed by atoms with van der Waals surface area (Å²) in [7, 11) is -2.57. The fourth-order valence-corrected chi connectivity index (χ4v) is 5.13. The minimum Gasteiger partial charge on any atom is -0.495 e. The highest BCUT2D eigenvalue weighted by molar-refractivity contribution is 7.92. The quantitative estimate of drug-likeness (QED) is 0.484. The number of imide groups is 1. The first-order valence-corrected chi connectivity index (χ1v) is 12.6. The van der Waals surface area contributed by atoms with Crippen molar-refractivity contribution in [2.75, 3.05) is 16.7 Å². The van der Waals surface area contributed by atoms with E-state index >= 15 is 0 Å². The van der Waals surface area contributed by atoms with Crippen LogP contribution in [0.2, 0.25) is 5.02 Å². The summed E-state index contributed by atoms with van der Waals surface area (Å²) in [5.74, 6) is -0.848. The zero-order chi connectivity index (χ0) is 25.7. The highest BCUT2D eigenvalue weighted by Crippen LogP contribution is 2.38. The molecule has 2 aromatic carbocycles. The summed E-state index contributed by atoms with van der Waals surface area (Å²) < 4.78 is 33.9. The van der Waals surface area contributed by atoms with Crippen LogP contribution in [0.5, 0.6) is 5.75 Å². The van der Waals surface area contributed by atoms with Gasteiger partial charge in [-0.3, -0.25) is 14.3 Å². The van der Waals surface area contributed by atoms with Gasteiger partial charge in [-0.2, -0.15) is 0 Å². The van der Waals surface area contributed by atoms with Gasteiger partial charge in [0.15, 0.2) is 0 Å². The number of rotatable bonds is 5. The third-order valence-electron chi connectivity index (χ3n) is 5.76. The van der Waals surface area contributed by atoms with Crippen LogP contribution in [0.4, 0.5) is 11.5 Å². The average molecular weight is 514 g/mol. The first-order chi connectivity index (χ1) is 16.3. The molecule has 1 N–H and O–H groups in total. The molecule has 0 spiro atoms. The Kier molecular flexibility index (Phi) is 6.11. The molecule has 0 unspecified atom stereocenters. The van der Waals surface area contributed by atoms with E-state index in [0.717, 1.165) is 10.5 Å². The number of hydrogen-bond donors (Lipinski definition) is 1. The Hall–Kier alpha value is -3.43. The van der Waals surface area contributed by atoms with E-state index in [9.17, 15) is 18.0 Å². The summed E-state index contributed by atoms with van der Waals surface area (Å²) in [5.41, 5.74) is 1.23. The van der Waals surface area contributed by atoms with Gasteiger partial charge in [0.05, 0.1) is 40.0 Å². The Morgan fingerprint density at radius 1 is 1.00 bits per heavy atom. The number of benzene rings is 2. The van der Waals surface area contributed by atoms with E-state index < -0.39 is 21.8 Å². The van der Waals surface area contributed by atoms with Gasteiger partial charge in [-0.25, -0.2) is 18.3 Å². The molecule has 0 saturated carbocycles. The number of hydrogen-bond acceptors (Lipinski definition) is 6. The first kappa shape index (κ1) is 24.7. The maximum absolute atomic E-state index is 13.4. The number of nitrogens with one attached hydrogen (secondary N) is 1. The van der Waals surface area contributed by atoms with Crippen LogP contribution in [-0.2, 0) is 15.4 Å². The Morgan fingerprint density at radius 2 is 1.63 bits per heavy atom. The van der Waals surface area contributed by atoms with Gasteiger partial charge >= 0.3 is 0 Å². The molecule has 4 rings (SSSR count). The number of carbonyl (C=O) groups excluding carboxylic acids is 2. The maximum Gasteiger partial charge on any atom is 0.269 e. The van der Waals surface area contributed by atoms with Crippen molar-refractivity contribution in [3.05, 3.63) is 75.9 Å². The Bertz CT molecular complexity index is 1460. The van der Waals surface area contributed by atoms with Crippen LogP contribution in [0, 0.1) is 6.92 Å². The van der Waals surface area contributed by atoms with Crippen molar-refractivity contribution in [1.82, 2.24) is 4.98 Å². The number of pyridine rings is 1. The van der Waals surface area contributed by atoms with Gasteiger partial charge in [-0.15, -0.1) is 0 Å². The van der Waals surface area contributed by atoms with E-state index in [0.29, 0.717) is 11.3 Å². The van der Waals surface area contributed by atoms with E-state index in [-0.39, 0.29) is 38.0 Å². The Labute approximate surface area is 208 Å². The number of anilines is 2. The van der Waals surface area contributed by atoms with Crippen LogP contribution >= 0.6 is 11.6 Å². The van der Waals surface area contributed by atoms with Crippen LogP contribution in [0.3, 0.4) is 0 Å². The molecule has 0 aliphatic carbocycles. The minimum absolute atomic E-state index is 0.0234. The smallest absolute Gasteiger partial charge is 0.269 e. The predicted octanol–water partition coefficient (Wildman–Crippen LogP) is 4.95. The summed E-state index contributed by atoms with van der Waals surface area (Å²) in [6.45, 7) is 7.83. The highest BCUT2D eigenvalue weighted by atomic mass is 35.5. The summed E-state index contributed by atoms with van der Waals surface area (Å²) in [5, 5.41) is 0.0311. The van der Waals surface area contributed by atoms with Crippen LogP contribution in [0.1, 0.15) is 52.6 Å². The molecular weight excluding hydrogens is 490 g/mol. The van der Waals surface area contributed by atoms with Crippen molar-refractivity contribution in [2.24, 2.45) is 0 Å². The fraction of sp³-hybridized carbons (Fsp3) is 0.240. The molecule has 1 aromatic heterocycles. The normalized spacial score (nSPS) is 13.7. The lowest BCUT2D eigenvalue weighted by molar-refractivity contribution is 0.0925. The van der Waals surface area contributed by atoms with Crippen molar-refractivity contribution >= 4 is 44.9 Å². The summed E-state index contributed by atoms with van der Waals surface area (Å²) >= 11 is 6.26. The molecule has 10 heteroatoms. The number of methoxy groups -OCH3 is 1. The van der Waals surface area contributed by atoms with Crippen molar-refractivity contribution < 1.29 is 22.7 Å². The number of sulfonamides is 1. The molecule has 35 heavy (non-hydrogen) atoms. The van der Waals surface area contributed by atoms with E-state index in [1.54, 1.807) is 19.1 Å². The fourth-order valence-electron chi connectivity index (χ4n) is 3.82. The van der Waals surface area contributed by atoms with Gasteiger partial charge in [-0.05, 0) is 53.8 Å². The molecule has 0 saturated heterocycles. The van der Waals surface area contributed by atoms with Crippen molar-refractivity contribution in [3.63, 3.8) is 0 Å². The standard InChI is InChI=1S/C25H24ClN3O5S/c1-14-12-20(27-13-19(14)34-5)29-23(30)21-17(26)10-11-18(22(21)24(29)31)28-35(32,33)16-8-6-15(7-9-16)25(2,3)4/h6-13,28H,1-5H3.